The van der Waals surface area contributed by atoms with E-state index in [1.165, 1.54) is 4.31 Å². The topological polar surface area (TPSA) is 75.7 Å². The molecule has 178 valence electrons. The molecule has 1 aliphatic rings. The Morgan fingerprint density at radius 2 is 1.79 bits per heavy atom. The maximum Gasteiger partial charge on any atom is 0.264 e. The Hall–Kier alpha value is -3.32. The van der Waals surface area contributed by atoms with Gasteiger partial charge in [-0.2, -0.15) is 0 Å². The maximum absolute atomic E-state index is 13.6. The second-order valence-electron chi connectivity index (χ2n) is 8.69. The first-order valence-corrected chi connectivity index (χ1v) is 12.8. The van der Waals surface area contributed by atoms with Gasteiger partial charge < -0.3 is 10.1 Å². The molecule has 0 radical (unpaired) electrons. The van der Waals surface area contributed by atoms with Crippen molar-refractivity contribution in [2.75, 3.05) is 18.0 Å². The Morgan fingerprint density at radius 3 is 2.50 bits per heavy atom. The van der Waals surface area contributed by atoms with E-state index >= 15 is 0 Å². The van der Waals surface area contributed by atoms with E-state index in [1.54, 1.807) is 43.5 Å². The van der Waals surface area contributed by atoms with E-state index in [2.05, 4.69) is 5.32 Å². The van der Waals surface area contributed by atoms with Gasteiger partial charge in [-0.3, -0.25) is 9.10 Å². The van der Waals surface area contributed by atoms with Gasteiger partial charge in [0, 0.05) is 0 Å². The second kappa shape index (κ2) is 9.89. The van der Waals surface area contributed by atoms with Crippen LogP contribution < -0.4 is 14.4 Å². The zero-order valence-corrected chi connectivity index (χ0v) is 20.6. The summed E-state index contributed by atoms with van der Waals surface area (Å²) < 4.78 is 33.8. The average molecular weight is 479 g/mol. The first-order chi connectivity index (χ1) is 16.3. The zero-order valence-electron chi connectivity index (χ0n) is 19.7. The summed E-state index contributed by atoms with van der Waals surface area (Å²) in [6, 6.07) is 19.6. The Kier molecular flexibility index (Phi) is 6.93. The molecule has 0 aromatic heterocycles. The largest absolute Gasteiger partial charge is 0.497 e. The maximum atomic E-state index is 13.6. The van der Waals surface area contributed by atoms with Gasteiger partial charge in [-0.15, -0.1) is 0 Å². The van der Waals surface area contributed by atoms with E-state index < -0.39 is 10.0 Å². The van der Waals surface area contributed by atoms with Gasteiger partial charge in [0.1, 0.15) is 12.3 Å². The fourth-order valence-electron chi connectivity index (χ4n) is 4.42. The average Bonchev–Trinajstić information content (AvgIpc) is 2.83. The fraction of sp³-hybridized carbons (Fsp3) is 0.296. The number of aryl methyl sites for hydroxylation is 3. The van der Waals surface area contributed by atoms with Crippen molar-refractivity contribution in [1.82, 2.24) is 5.32 Å². The summed E-state index contributed by atoms with van der Waals surface area (Å²) in [4.78, 5) is 13.4. The summed E-state index contributed by atoms with van der Waals surface area (Å²) in [5.74, 6) is 0.452. The monoisotopic (exact) mass is 478 g/mol. The molecule has 1 aliphatic carbocycles. The van der Waals surface area contributed by atoms with Crippen molar-refractivity contribution < 1.29 is 17.9 Å². The number of carbonyl (C=O) groups excluding carboxylic acids is 1. The first kappa shape index (κ1) is 23.8. The lowest BCUT2D eigenvalue weighted by Gasteiger charge is -2.29. The van der Waals surface area contributed by atoms with E-state index in [-0.39, 0.29) is 23.4 Å². The number of nitrogens with one attached hydrogen (secondary N) is 1. The quantitative estimate of drug-likeness (QED) is 0.534. The minimum absolute atomic E-state index is 0.157. The van der Waals surface area contributed by atoms with Crippen LogP contribution in [0, 0.1) is 13.8 Å². The molecule has 0 bridgehead atoms. The number of ether oxygens (including phenoxy) is 1. The van der Waals surface area contributed by atoms with Gasteiger partial charge in [-0.1, -0.05) is 42.0 Å². The number of anilines is 1. The van der Waals surface area contributed by atoms with Crippen molar-refractivity contribution in [2.45, 2.75) is 44.0 Å². The van der Waals surface area contributed by atoms with E-state index in [0.29, 0.717) is 5.69 Å². The van der Waals surface area contributed by atoms with Crippen molar-refractivity contribution in [2.24, 2.45) is 0 Å². The molecule has 0 fully saturated rings. The highest BCUT2D eigenvalue weighted by Gasteiger charge is 2.30. The van der Waals surface area contributed by atoms with Crippen molar-refractivity contribution >= 4 is 21.6 Å². The normalized spacial score (nSPS) is 15.3. The fourth-order valence-corrected chi connectivity index (χ4v) is 5.90. The number of nitrogens with zero attached hydrogens (tertiary/aromatic N) is 1. The standard InChI is InChI=1S/C27H30N2O4S/c1-19-11-14-23(15-12-19)34(31,32)29(26-10-5-4-7-20(26)2)18-27(30)28-25-9-6-8-21-17-22(33-3)13-16-24(21)25/h4-5,7,10-17,25H,6,8-9,18H2,1-3H3,(H,28,30). The van der Waals surface area contributed by atoms with Gasteiger partial charge in [-0.25, -0.2) is 8.42 Å². The Bertz CT molecular complexity index is 1290. The molecule has 0 heterocycles. The van der Waals surface area contributed by atoms with Gasteiger partial charge in [0.15, 0.2) is 0 Å². The van der Waals surface area contributed by atoms with E-state index in [1.807, 2.05) is 44.2 Å². The summed E-state index contributed by atoms with van der Waals surface area (Å²) in [6.07, 6.45) is 2.67. The molecule has 0 aliphatic heterocycles. The molecule has 34 heavy (non-hydrogen) atoms. The van der Waals surface area contributed by atoms with Gasteiger partial charge >= 0.3 is 0 Å². The molecule has 1 unspecified atom stereocenters. The van der Waals surface area contributed by atoms with Crippen LogP contribution in [0.2, 0.25) is 0 Å². The van der Waals surface area contributed by atoms with Crippen LogP contribution >= 0.6 is 0 Å². The van der Waals surface area contributed by atoms with Crippen LogP contribution in [-0.2, 0) is 21.2 Å². The Labute approximate surface area is 201 Å². The molecular weight excluding hydrogens is 448 g/mol. The molecule has 3 aromatic carbocycles. The highest BCUT2D eigenvalue weighted by molar-refractivity contribution is 7.92. The minimum Gasteiger partial charge on any atom is -0.497 e. The number of methoxy groups -OCH3 is 1. The number of amides is 1. The number of carbonyl (C=O) groups is 1. The Balaban J connectivity index is 1.62. The third-order valence-electron chi connectivity index (χ3n) is 6.28. The minimum atomic E-state index is -3.94. The SMILES string of the molecule is COc1ccc2c(c1)CCCC2NC(=O)CN(c1ccccc1C)S(=O)(=O)c1ccc(C)cc1. The predicted molar refractivity (Wildman–Crippen MR) is 134 cm³/mol. The highest BCUT2D eigenvalue weighted by atomic mass is 32.2. The van der Waals surface area contributed by atoms with Gasteiger partial charge in [0.25, 0.3) is 10.0 Å². The van der Waals surface area contributed by atoms with Crippen molar-refractivity contribution in [3.8, 4) is 5.75 Å². The van der Waals surface area contributed by atoms with Gasteiger partial charge in [0.05, 0.1) is 23.7 Å². The molecule has 6 nitrogen and oxygen atoms in total. The first-order valence-electron chi connectivity index (χ1n) is 11.4. The molecule has 1 atom stereocenters. The molecular formula is C27H30N2O4S. The number of hydrogen-bond acceptors (Lipinski definition) is 4. The smallest absolute Gasteiger partial charge is 0.264 e. The number of sulfonamides is 1. The van der Waals surface area contributed by atoms with Crippen LogP contribution in [0.5, 0.6) is 5.75 Å². The van der Waals surface area contributed by atoms with Crippen molar-refractivity contribution in [3.05, 3.63) is 89.0 Å². The number of fused-ring (bicyclic) bond motifs is 1. The summed E-state index contributed by atoms with van der Waals surface area (Å²) in [5.41, 5.74) is 4.45. The number of hydrogen-bond donors (Lipinski definition) is 1. The van der Waals surface area contributed by atoms with Crippen LogP contribution in [-0.4, -0.2) is 28.0 Å². The second-order valence-corrected chi connectivity index (χ2v) is 10.6. The molecule has 7 heteroatoms. The zero-order chi connectivity index (χ0) is 24.3. The lowest BCUT2D eigenvalue weighted by Crippen LogP contribution is -2.42. The Morgan fingerprint density at radius 1 is 1.06 bits per heavy atom. The molecule has 0 saturated heterocycles. The van der Waals surface area contributed by atoms with E-state index in [9.17, 15) is 13.2 Å². The van der Waals surface area contributed by atoms with Gasteiger partial charge in [-0.05, 0) is 80.1 Å². The highest BCUT2D eigenvalue weighted by Crippen LogP contribution is 2.32. The van der Waals surface area contributed by atoms with Crippen LogP contribution in [0.1, 0.15) is 41.1 Å². The number of rotatable bonds is 7. The molecule has 4 rings (SSSR count). The third kappa shape index (κ3) is 4.94. The van der Waals surface area contributed by atoms with Crippen molar-refractivity contribution in [1.29, 1.82) is 0 Å². The molecule has 1 amide bonds. The predicted octanol–water partition coefficient (Wildman–Crippen LogP) is 4.70. The van der Waals surface area contributed by atoms with Crippen LogP contribution in [0.25, 0.3) is 0 Å². The molecule has 0 saturated carbocycles. The summed E-state index contributed by atoms with van der Waals surface area (Å²) in [7, 11) is -2.31. The lowest BCUT2D eigenvalue weighted by molar-refractivity contribution is -0.120. The number of benzene rings is 3. The summed E-state index contributed by atoms with van der Waals surface area (Å²) in [5, 5.41) is 3.08. The third-order valence-corrected chi connectivity index (χ3v) is 8.05. The lowest BCUT2D eigenvalue weighted by atomic mass is 9.87. The van der Waals surface area contributed by atoms with Crippen LogP contribution in [0.4, 0.5) is 5.69 Å². The van der Waals surface area contributed by atoms with Crippen LogP contribution in [0.3, 0.4) is 0 Å². The molecule has 0 spiro atoms. The summed E-state index contributed by atoms with van der Waals surface area (Å²) in [6.45, 7) is 3.44. The summed E-state index contributed by atoms with van der Waals surface area (Å²) >= 11 is 0. The van der Waals surface area contributed by atoms with E-state index in [0.717, 1.165) is 47.3 Å². The van der Waals surface area contributed by atoms with Crippen molar-refractivity contribution in [3.63, 3.8) is 0 Å². The molecule has 1 N–H and O–H groups in total. The number of para-hydroxylation sites is 1. The van der Waals surface area contributed by atoms with E-state index in [4.69, 9.17) is 4.74 Å². The van der Waals surface area contributed by atoms with Gasteiger partial charge in [0.2, 0.25) is 5.91 Å². The van der Waals surface area contributed by atoms with Crippen LogP contribution in [0.15, 0.2) is 71.6 Å². The molecule has 3 aromatic rings.